The lowest BCUT2D eigenvalue weighted by Gasteiger charge is -2.65. The van der Waals surface area contributed by atoms with Crippen molar-refractivity contribution in [3.05, 3.63) is 29.8 Å². The first-order valence-electron chi connectivity index (χ1n) is 9.49. The predicted octanol–water partition coefficient (Wildman–Crippen LogP) is 5.28. The molecule has 5 rings (SSSR count). The standard InChI is InChI=1S/C21H30N2S/c1-4-15-5-7-17(8-6-15)22-18(24)23-21-11-16-9-19(2,13-21)12-20(3,10-16)14-21/h5-8,16H,4,9-14H2,1-3H3,(H2,22,23,24). The summed E-state index contributed by atoms with van der Waals surface area (Å²) in [4.78, 5) is 0. The van der Waals surface area contributed by atoms with Gasteiger partial charge in [-0.05, 0) is 91.6 Å². The molecule has 2 atom stereocenters. The molecule has 0 aromatic heterocycles. The van der Waals surface area contributed by atoms with Gasteiger partial charge in [0.25, 0.3) is 0 Å². The van der Waals surface area contributed by atoms with Gasteiger partial charge >= 0.3 is 0 Å². The van der Waals surface area contributed by atoms with Crippen LogP contribution in [0.3, 0.4) is 0 Å². The van der Waals surface area contributed by atoms with Gasteiger partial charge < -0.3 is 10.6 Å². The molecular weight excluding hydrogens is 312 g/mol. The molecular formula is C21H30N2S. The first-order chi connectivity index (χ1) is 11.3. The average Bonchev–Trinajstić information content (AvgIpc) is 2.43. The fourth-order valence-corrected chi connectivity index (χ4v) is 7.15. The van der Waals surface area contributed by atoms with Crippen LogP contribution >= 0.6 is 12.2 Å². The number of thiocarbonyl (C=S) groups is 1. The maximum Gasteiger partial charge on any atom is 0.171 e. The molecule has 4 aliphatic rings. The van der Waals surface area contributed by atoms with Crippen LogP contribution in [0.4, 0.5) is 5.69 Å². The lowest BCUT2D eigenvalue weighted by molar-refractivity contribution is -0.111. The summed E-state index contributed by atoms with van der Waals surface area (Å²) in [6.45, 7) is 7.20. The Morgan fingerprint density at radius 1 is 1.04 bits per heavy atom. The topological polar surface area (TPSA) is 24.1 Å². The SMILES string of the molecule is CCc1ccc(NC(=S)NC23CC4CC(C)(CC(C)(C4)C2)C3)cc1. The van der Waals surface area contributed by atoms with Crippen molar-refractivity contribution >= 4 is 23.0 Å². The van der Waals surface area contributed by atoms with Gasteiger partial charge in [-0.1, -0.05) is 32.9 Å². The Kier molecular flexibility index (Phi) is 3.72. The highest BCUT2D eigenvalue weighted by molar-refractivity contribution is 7.80. The third-order valence-electron chi connectivity index (χ3n) is 6.62. The van der Waals surface area contributed by atoms with Crippen LogP contribution in [0.5, 0.6) is 0 Å². The van der Waals surface area contributed by atoms with E-state index in [1.807, 2.05) is 0 Å². The molecule has 0 radical (unpaired) electrons. The summed E-state index contributed by atoms with van der Waals surface area (Å²) in [5, 5.41) is 7.99. The summed E-state index contributed by atoms with van der Waals surface area (Å²) in [7, 11) is 0. The Balaban J connectivity index is 1.47. The molecule has 130 valence electrons. The van der Waals surface area contributed by atoms with E-state index in [1.54, 1.807) is 0 Å². The summed E-state index contributed by atoms with van der Waals surface area (Å²) in [5.74, 6) is 0.885. The smallest absolute Gasteiger partial charge is 0.171 e. The zero-order chi connectivity index (χ0) is 17.0. The monoisotopic (exact) mass is 342 g/mol. The Morgan fingerprint density at radius 2 is 1.67 bits per heavy atom. The van der Waals surface area contributed by atoms with E-state index >= 15 is 0 Å². The first-order valence-corrected chi connectivity index (χ1v) is 9.90. The zero-order valence-corrected chi connectivity index (χ0v) is 16.1. The fourth-order valence-electron chi connectivity index (χ4n) is 6.81. The molecule has 0 saturated heterocycles. The molecule has 4 bridgehead atoms. The van der Waals surface area contributed by atoms with Gasteiger partial charge in [-0.3, -0.25) is 0 Å². The van der Waals surface area contributed by atoms with Crippen molar-refractivity contribution in [2.45, 2.75) is 71.3 Å². The molecule has 0 amide bonds. The summed E-state index contributed by atoms with van der Waals surface area (Å²) in [6, 6.07) is 8.62. The number of hydrogen-bond acceptors (Lipinski definition) is 1. The van der Waals surface area contributed by atoms with Gasteiger partial charge in [0.2, 0.25) is 0 Å². The van der Waals surface area contributed by atoms with Gasteiger partial charge in [0.1, 0.15) is 0 Å². The number of nitrogens with one attached hydrogen (secondary N) is 2. The number of benzene rings is 1. The Morgan fingerprint density at radius 3 is 2.21 bits per heavy atom. The quantitative estimate of drug-likeness (QED) is 0.730. The summed E-state index contributed by atoms with van der Waals surface area (Å²) in [5.41, 5.74) is 3.70. The Bertz CT molecular complexity index is 632. The predicted molar refractivity (Wildman–Crippen MR) is 105 cm³/mol. The fraction of sp³-hybridized carbons (Fsp3) is 0.667. The van der Waals surface area contributed by atoms with Gasteiger partial charge in [0.05, 0.1) is 0 Å². The molecule has 4 aliphatic carbocycles. The lowest BCUT2D eigenvalue weighted by Crippen LogP contribution is -2.65. The molecule has 4 saturated carbocycles. The molecule has 0 heterocycles. The van der Waals surface area contributed by atoms with Crippen molar-refractivity contribution in [1.82, 2.24) is 5.32 Å². The van der Waals surface area contributed by atoms with E-state index in [1.165, 1.54) is 44.1 Å². The van der Waals surface area contributed by atoms with Crippen LogP contribution in [0.25, 0.3) is 0 Å². The van der Waals surface area contributed by atoms with E-state index in [9.17, 15) is 0 Å². The maximum atomic E-state index is 5.68. The minimum atomic E-state index is 0.219. The molecule has 0 spiro atoms. The number of hydrogen-bond donors (Lipinski definition) is 2. The second-order valence-electron chi connectivity index (χ2n) is 9.54. The lowest BCUT2D eigenvalue weighted by atomic mass is 9.43. The van der Waals surface area contributed by atoms with Crippen molar-refractivity contribution in [3.8, 4) is 0 Å². The second-order valence-corrected chi connectivity index (χ2v) is 9.95. The van der Waals surface area contributed by atoms with Crippen molar-refractivity contribution in [3.63, 3.8) is 0 Å². The van der Waals surface area contributed by atoms with Crippen LogP contribution in [0, 0.1) is 16.7 Å². The minimum Gasteiger partial charge on any atom is -0.357 e. The van der Waals surface area contributed by atoms with E-state index in [-0.39, 0.29) is 5.54 Å². The van der Waals surface area contributed by atoms with Gasteiger partial charge in [0, 0.05) is 11.2 Å². The van der Waals surface area contributed by atoms with E-state index in [0.717, 1.165) is 23.1 Å². The van der Waals surface area contributed by atoms with E-state index in [4.69, 9.17) is 12.2 Å². The summed E-state index contributed by atoms with van der Waals surface area (Å²) >= 11 is 5.68. The highest BCUT2D eigenvalue weighted by Crippen LogP contribution is 2.66. The average molecular weight is 343 g/mol. The maximum absolute atomic E-state index is 5.68. The van der Waals surface area contributed by atoms with E-state index in [2.05, 4.69) is 55.7 Å². The zero-order valence-electron chi connectivity index (χ0n) is 15.2. The molecule has 2 nitrogen and oxygen atoms in total. The van der Waals surface area contributed by atoms with Gasteiger partial charge in [0.15, 0.2) is 5.11 Å². The molecule has 1 aromatic carbocycles. The molecule has 2 unspecified atom stereocenters. The molecule has 4 fully saturated rings. The highest BCUT2D eigenvalue weighted by atomic mass is 32.1. The molecule has 24 heavy (non-hydrogen) atoms. The molecule has 2 N–H and O–H groups in total. The second kappa shape index (κ2) is 5.45. The van der Waals surface area contributed by atoms with Gasteiger partial charge in [-0.2, -0.15) is 0 Å². The third-order valence-corrected chi connectivity index (χ3v) is 6.83. The van der Waals surface area contributed by atoms with Crippen LogP contribution in [0.1, 0.15) is 64.9 Å². The molecule has 3 heteroatoms. The van der Waals surface area contributed by atoms with Gasteiger partial charge in [-0.25, -0.2) is 0 Å². The van der Waals surface area contributed by atoms with E-state index < -0.39 is 0 Å². The normalized spacial score (nSPS) is 39.7. The van der Waals surface area contributed by atoms with Crippen molar-refractivity contribution in [2.75, 3.05) is 5.32 Å². The first kappa shape index (κ1) is 16.4. The van der Waals surface area contributed by atoms with Crippen molar-refractivity contribution in [1.29, 1.82) is 0 Å². The van der Waals surface area contributed by atoms with Crippen LogP contribution in [0.15, 0.2) is 24.3 Å². The van der Waals surface area contributed by atoms with E-state index in [0.29, 0.717) is 10.8 Å². The number of anilines is 1. The van der Waals surface area contributed by atoms with Crippen molar-refractivity contribution < 1.29 is 0 Å². The number of rotatable bonds is 3. The van der Waals surface area contributed by atoms with Crippen LogP contribution < -0.4 is 10.6 Å². The van der Waals surface area contributed by atoms with Crippen LogP contribution in [-0.4, -0.2) is 10.7 Å². The van der Waals surface area contributed by atoms with Crippen LogP contribution in [0.2, 0.25) is 0 Å². The summed E-state index contributed by atoms with van der Waals surface area (Å²) in [6.07, 6.45) is 9.18. The highest BCUT2D eigenvalue weighted by Gasteiger charge is 2.60. The Labute approximate surface area is 151 Å². The van der Waals surface area contributed by atoms with Crippen LogP contribution in [-0.2, 0) is 6.42 Å². The van der Waals surface area contributed by atoms with Gasteiger partial charge in [-0.15, -0.1) is 0 Å². The molecule has 0 aliphatic heterocycles. The third kappa shape index (κ3) is 2.96. The largest absolute Gasteiger partial charge is 0.357 e. The molecule has 1 aromatic rings. The Hall–Kier alpha value is -1.09. The summed E-state index contributed by atoms with van der Waals surface area (Å²) < 4.78 is 0. The number of aryl methyl sites for hydroxylation is 1. The minimum absolute atomic E-state index is 0.219. The van der Waals surface area contributed by atoms with Crippen molar-refractivity contribution in [2.24, 2.45) is 16.7 Å².